The van der Waals surface area contributed by atoms with Gasteiger partial charge in [-0.1, -0.05) is 13.3 Å². The van der Waals surface area contributed by atoms with Gasteiger partial charge in [0.25, 0.3) is 0 Å². The van der Waals surface area contributed by atoms with Crippen molar-refractivity contribution in [2.24, 2.45) is 0 Å². The number of nitrogens with zero attached hydrogens (tertiary/aromatic N) is 2. The van der Waals surface area contributed by atoms with Crippen LogP contribution in [0.3, 0.4) is 0 Å². The highest BCUT2D eigenvalue weighted by molar-refractivity contribution is 7.89. The van der Waals surface area contributed by atoms with Crippen LogP contribution in [-0.2, 0) is 26.1 Å². The molecule has 1 aliphatic carbocycles. The molecule has 152 valence electrons. The van der Waals surface area contributed by atoms with Crippen LogP contribution in [0, 0.1) is 0 Å². The Morgan fingerprint density at radius 3 is 2.70 bits per heavy atom. The van der Waals surface area contributed by atoms with Gasteiger partial charge in [-0.2, -0.15) is 4.31 Å². The van der Waals surface area contributed by atoms with E-state index >= 15 is 0 Å². The second-order valence-corrected chi connectivity index (χ2v) is 9.48. The molecule has 1 aromatic rings. The summed E-state index contributed by atoms with van der Waals surface area (Å²) in [6.45, 7) is 3.39. The molecule has 2 fully saturated rings. The molecular weight excluding hydrogens is 368 g/mol. The van der Waals surface area contributed by atoms with E-state index in [1.807, 2.05) is 13.0 Å². The second-order valence-electron chi connectivity index (χ2n) is 7.43. The zero-order valence-corrected chi connectivity index (χ0v) is 16.8. The summed E-state index contributed by atoms with van der Waals surface area (Å²) < 4.78 is 37.9. The Labute approximate surface area is 161 Å². The number of furan rings is 1. The predicted octanol–water partition coefficient (Wildman–Crippen LogP) is 2.38. The van der Waals surface area contributed by atoms with E-state index in [0.29, 0.717) is 31.9 Å². The Morgan fingerprint density at radius 1 is 1.30 bits per heavy atom. The average molecular weight is 399 g/mol. The van der Waals surface area contributed by atoms with E-state index in [9.17, 15) is 13.2 Å². The highest BCUT2D eigenvalue weighted by atomic mass is 32.2. The van der Waals surface area contributed by atoms with Crippen molar-refractivity contribution in [3.8, 4) is 0 Å². The summed E-state index contributed by atoms with van der Waals surface area (Å²) in [5.74, 6) is 0.610. The first-order valence-corrected chi connectivity index (χ1v) is 11.5. The normalized spacial score (nSPS) is 20.3. The molecule has 1 unspecified atom stereocenters. The summed E-state index contributed by atoms with van der Waals surface area (Å²) >= 11 is 0. The van der Waals surface area contributed by atoms with Crippen LogP contribution in [0.15, 0.2) is 22.8 Å². The Morgan fingerprint density at radius 2 is 2.11 bits per heavy atom. The standard InChI is InChI=1S/C19H30N2O5S/c1-2-3-12-27(23,24)21(16-8-9-16)15-19(22)20(13-17-6-4-10-25-17)14-18-7-5-11-26-18/h4,6,10,16,18H,2-3,5,7-9,11-15H2,1H3. The van der Waals surface area contributed by atoms with Gasteiger partial charge in [-0.15, -0.1) is 0 Å². The van der Waals surface area contributed by atoms with Gasteiger partial charge in [0.2, 0.25) is 15.9 Å². The molecule has 1 saturated carbocycles. The third-order valence-electron chi connectivity index (χ3n) is 5.09. The highest BCUT2D eigenvalue weighted by Gasteiger charge is 2.39. The maximum absolute atomic E-state index is 13.0. The van der Waals surface area contributed by atoms with Crippen LogP contribution in [0.1, 0.15) is 51.2 Å². The van der Waals surface area contributed by atoms with Gasteiger partial charge in [0, 0.05) is 19.2 Å². The van der Waals surface area contributed by atoms with Crippen molar-refractivity contribution in [2.75, 3.05) is 25.4 Å². The molecule has 2 heterocycles. The van der Waals surface area contributed by atoms with Gasteiger partial charge in [-0.3, -0.25) is 4.79 Å². The van der Waals surface area contributed by atoms with E-state index in [-0.39, 0.29) is 30.4 Å². The van der Waals surface area contributed by atoms with Crippen LogP contribution in [0.5, 0.6) is 0 Å². The lowest BCUT2D eigenvalue weighted by Crippen LogP contribution is -2.46. The summed E-state index contributed by atoms with van der Waals surface area (Å²) in [7, 11) is -3.41. The molecule has 2 aliphatic rings. The number of unbranched alkanes of at least 4 members (excludes halogenated alkanes) is 1. The first-order valence-electron chi connectivity index (χ1n) is 9.91. The van der Waals surface area contributed by atoms with Crippen LogP contribution in [0.2, 0.25) is 0 Å². The molecule has 1 amide bonds. The fourth-order valence-corrected chi connectivity index (χ4v) is 5.23. The second kappa shape index (κ2) is 9.21. The smallest absolute Gasteiger partial charge is 0.238 e. The minimum absolute atomic E-state index is 0.00925. The van der Waals surface area contributed by atoms with Crippen molar-refractivity contribution in [1.29, 1.82) is 0 Å². The molecule has 1 saturated heterocycles. The average Bonchev–Trinajstić information content (AvgIpc) is 3.10. The molecule has 0 spiro atoms. The third kappa shape index (κ3) is 5.80. The van der Waals surface area contributed by atoms with Crippen molar-refractivity contribution >= 4 is 15.9 Å². The summed E-state index contributed by atoms with van der Waals surface area (Å²) in [4.78, 5) is 14.7. The molecule has 1 atom stereocenters. The van der Waals surface area contributed by atoms with Gasteiger partial charge in [-0.25, -0.2) is 8.42 Å². The number of ether oxygens (including phenoxy) is 1. The Hall–Kier alpha value is -1.38. The number of rotatable bonds is 11. The van der Waals surface area contributed by atoms with E-state index in [0.717, 1.165) is 32.1 Å². The molecule has 8 heteroatoms. The quantitative estimate of drug-likeness (QED) is 0.572. The largest absolute Gasteiger partial charge is 0.467 e. The lowest BCUT2D eigenvalue weighted by atomic mass is 10.2. The van der Waals surface area contributed by atoms with Crippen molar-refractivity contribution in [1.82, 2.24) is 9.21 Å². The van der Waals surface area contributed by atoms with Gasteiger partial charge in [0.05, 0.1) is 31.2 Å². The SMILES string of the molecule is CCCCS(=O)(=O)N(CC(=O)N(Cc1ccco1)CC1CCCO1)C1CC1. The van der Waals surface area contributed by atoms with Crippen LogP contribution >= 0.6 is 0 Å². The lowest BCUT2D eigenvalue weighted by Gasteiger charge is -2.28. The van der Waals surface area contributed by atoms with E-state index in [4.69, 9.17) is 9.15 Å². The molecular formula is C19H30N2O5S. The van der Waals surface area contributed by atoms with E-state index in [2.05, 4.69) is 0 Å². The lowest BCUT2D eigenvalue weighted by molar-refractivity contribution is -0.134. The summed E-state index contributed by atoms with van der Waals surface area (Å²) in [6, 6.07) is 3.59. The van der Waals surface area contributed by atoms with Gasteiger partial charge in [0.15, 0.2) is 0 Å². The first-order chi connectivity index (χ1) is 13.0. The summed E-state index contributed by atoms with van der Waals surface area (Å²) in [5.41, 5.74) is 0. The Bertz CT molecular complexity index is 694. The van der Waals surface area contributed by atoms with Crippen molar-refractivity contribution in [3.05, 3.63) is 24.2 Å². The fraction of sp³-hybridized carbons (Fsp3) is 0.737. The van der Waals surface area contributed by atoms with E-state index in [1.54, 1.807) is 17.2 Å². The van der Waals surface area contributed by atoms with Gasteiger partial charge in [-0.05, 0) is 44.2 Å². The van der Waals surface area contributed by atoms with Crippen LogP contribution in [-0.4, -0.2) is 61.1 Å². The van der Waals surface area contributed by atoms with E-state index in [1.165, 1.54) is 4.31 Å². The molecule has 1 aliphatic heterocycles. The zero-order valence-electron chi connectivity index (χ0n) is 16.0. The van der Waals surface area contributed by atoms with E-state index < -0.39 is 10.0 Å². The first kappa shape index (κ1) is 20.4. The van der Waals surface area contributed by atoms with Crippen LogP contribution in [0.25, 0.3) is 0 Å². The number of carbonyl (C=O) groups excluding carboxylic acids is 1. The monoisotopic (exact) mass is 398 g/mol. The molecule has 0 bridgehead atoms. The summed E-state index contributed by atoms with van der Waals surface area (Å²) in [5, 5.41) is 0. The molecule has 1 aromatic heterocycles. The minimum atomic E-state index is -3.41. The Balaban J connectivity index is 1.69. The minimum Gasteiger partial charge on any atom is -0.467 e. The number of hydrogen-bond donors (Lipinski definition) is 0. The van der Waals surface area contributed by atoms with Gasteiger partial charge in [0.1, 0.15) is 5.76 Å². The third-order valence-corrected chi connectivity index (χ3v) is 7.03. The van der Waals surface area contributed by atoms with Crippen LogP contribution < -0.4 is 0 Å². The van der Waals surface area contributed by atoms with Crippen molar-refractivity contribution in [3.63, 3.8) is 0 Å². The predicted molar refractivity (Wildman–Crippen MR) is 102 cm³/mol. The fourth-order valence-electron chi connectivity index (χ4n) is 3.37. The molecule has 27 heavy (non-hydrogen) atoms. The molecule has 3 rings (SSSR count). The van der Waals surface area contributed by atoms with Crippen molar-refractivity contribution < 1.29 is 22.4 Å². The van der Waals surface area contributed by atoms with Gasteiger partial charge < -0.3 is 14.1 Å². The van der Waals surface area contributed by atoms with Crippen LogP contribution in [0.4, 0.5) is 0 Å². The van der Waals surface area contributed by atoms with Gasteiger partial charge >= 0.3 is 0 Å². The number of hydrogen-bond acceptors (Lipinski definition) is 5. The zero-order chi connectivity index (χ0) is 19.3. The van der Waals surface area contributed by atoms with Crippen molar-refractivity contribution in [2.45, 2.75) is 64.1 Å². The maximum atomic E-state index is 13.0. The maximum Gasteiger partial charge on any atom is 0.238 e. The summed E-state index contributed by atoms with van der Waals surface area (Å²) in [6.07, 6.45) is 6.60. The number of carbonyl (C=O) groups is 1. The number of sulfonamides is 1. The topological polar surface area (TPSA) is 80.1 Å². The molecule has 0 radical (unpaired) electrons. The molecule has 7 nitrogen and oxygen atoms in total. The Kier molecular flexibility index (Phi) is 6.94. The molecule has 0 N–H and O–H groups in total. The number of amides is 1. The molecule has 0 aromatic carbocycles. The highest BCUT2D eigenvalue weighted by Crippen LogP contribution is 2.30.